The van der Waals surface area contributed by atoms with E-state index >= 15 is 0 Å². The number of anilines is 1. The van der Waals surface area contributed by atoms with E-state index in [4.69, 9.17) is 15.9 Å². The van der Waals surface area contributed by atoms with Crippen molar-refractivity contribution < 1.29 is 4.42 Å². The third-order valence-corrected chi connectivity index (χ3v) is 6.13. The monoisotopic (exact) mass is 466 g/mol. The summed E-state index contributed by atoms with van der Waals surface area (Å²) in [6.45, 7) is 1.33. The number of imidazole rings is 1. The van der Waals surface area contributed by atoms with E-state index in [1.807, 2.05) is 12.1 Å². The SMILES string of the molecule is NCCCn1c(Sc2cc3ccoc3cc2I)nc2c(N)ncnc21. The lowest BCUT2D eigenvalue weighted by molar-refractivity contribution is 0.612. The first kappa shape index (κ1) is 16.6. The lowest BCUT2D eigenvalue weighted by Gasteiger charge is -2.08. The van der Waals surface area contributed by atoms with Crippen molar-refractivity contribution >= 4 is 62.3 Å². The normalized spacial score (nSPS) is 11.6. The molecule has 0 amide bonds. The van der Waals surface area contributed by atoms with Gasteiger partial charge in [-0.15, -0.1) is 0 Å². The van der Waals surface area contributed by atoms with E-state index in [1.54, 1.807) is 18.0 Å². The van der Waals surface area contributed by atoms with Crippen molar-refractivity contribution in [1.82, 2.24) is 19.5 Å². The largest absolute Gasteiger partial charge is 0.464 e. The van der Waals surface area contributed by atoms with Crippen LogP contribution in [-0.4, -0.2) is 26.1 Å². The van der Waals surface area contributed by atoms with Gasteiger partial charge in [-0.05, 0) is 53.8 Å². The van der Waals surface area contributed by atoms with Crippen molar-refractivity contribution in [3.05, 3.63) is 34.4 Å². The van der Waals surface area contributed by atoms with Crippen LogP contribution in [0.15, 0.2) is 45.3 Å². The number of nitrogens with two attached hydrogens (primary N) is 2. The molecular weight excluding hydrogens is 451 g/mol. The molecule has 7 nitrogen and oxygen atoms in total. The number of hydrogen-bond acceptors (Lipinski definition) is 7. The summed E-state index contributed by atoms with van der Waals surface area (Å²) in [4.78, 5) is 14.2. The standard InChI is InChI=1S/C16H15IN6OS/c17-10-7-11-9(2-5-24-11)6-12(10)25-16-22-13-14(19)20-8-21-15(13)23(16)4-1-3-18/h2,5-8H,1,3-4,18H2,(H2,19,20,21). The van der Waals surface area contributed by atoms with E-state index < -0.39 is 0 Å². The van der Waals surface area contributed by atoms with Crippen molar-refractivity contribution in [2.24, 2.45) is 5.73 Å². The molecule has 0 unspecified atom stereocenters. The number of nitrogen functional groups attached to an aromatic ring is 1. The molecule has 0 atom stereocenters. The van der Waals surface area contributed by atoms with Crippen molar-refractivity contribution in [2.45, 2.75) is 23.0 Å². The van der Waals surface area contributed by atoms with E-state index in [0.717, 1.165) is 43.2 Å². The molecular formula is C16H15IN6OS. The zero-order chi connectivity index (χ0) is 17.4. The molecule has 0 aliphatic rings. The van der Waals surface area contributed by atoms with Crippen LogP contribution in [0, 0.1) is 3.57 Å². The summed E-state index contributed by atoms with van der Waals surface area (Å²) in [5.41, 5.74) is 13.9. The Morgan fingerprint density at radius 3 is 3.00 bits per heavy atom. The number of furan rings is 1. The van der Waals surface area contributed by atoms with Crippen LogP contribution in [0.2, 0.25) is 0 Å². The first-order chi connectivity index (χ1) is 12.2. The molecule has 0 radical (unpaired) electrons. The summed E-state index contributed by atoms with van der Waals surface area (Å²) in [7, 11) is 0. The average molecular weight is 466 g/mol. The predicted octanol–water partition coefficient (Wildman–Crippen LogP) is 3.26. The molecule has 3 heterocycles. The van der Waals surface area contributed by atoms with Gasteiger partial charge in [0.1, 0.15) is 11.9 Å². The second-order valence-electron chi connectivity index (χ2n) is 5.46. The zero-order valence-corrected chi connectivity index (χ0v) is 16.1. The molecule has 0 fully saturated rings. The summed E-state index contributed by atoms with van der Waals surface area (Å²) in [6, 6.07) is 6.09. The average Bonchev–Trinajstić information content (AvgIpc) is 3.18. The second-order valence-corrected chi connectivity index (χ2v) is 7.63. The maximum Gasteiger partial charge on any atom is 0.175 e. The number of nitrogens with zero attached hydrogens (tertiary/aromatic N) is 4. The number of hydrogen-bond donors (Lipinski definition) is 2. The van der Waals surface area contributed by atoms with Gasteiger partial charge in [0.25, 0.3) is 0 Å². The molecule has 0 aliphatic carbocycles. The number of aromatic nitrogens is 4. The maximum atomic E-state index is 5.98. The molecule has 9 heteroatoms. The number of benzene rings is 1. The van der Waals surface area contributed by atoms with Gasteiger partial charge in [0.15, 0.2) is 22.1 Å². The van der Waals surface area contributed by atoms with E-state index in [-0.39, 0.29) is 0 Å². The Morgan fingerprint density at radius 1 is 1.28 bits per heavy atom. The van der Waals surface area contributed by atoms with Crippen LogP contribution >= 0.6 is 34.4 Å². The lowest BCUT2D eigenvalue weighted by Crippen LogP contribution is -2.07. The molecule has 3 aromatic heterocycles. The van der Waals surface area contributed by atoms with E-state index in [1.165, 1.54) is 6.33 Å². The highest BCUT2D eigenvalue weighted by Crippen LogP contribution is 2.36. The van der Waals surface area contributed by atoms with E-state index in [0.29, 0.717) is 17.9 Å². The molecule has 4 aromatic rings. The second kappa shape index (κ2) is 6.81. The summed E-state index contributed by atoms with van der Waals surface area (Å²) >= 11 is 3.89. The summed E-state index contributed by atoms with van der Waals surface area (Å²) in [6.07, 6.45) is 4.00. The number of aryl methyl sites for hydroxylation is 1. The smallest absolute Gasteiger partial charge is 0.175 e. The Bertz CT molecular complexity index is 1060. The quantitative estimate of drug-likeness (QED) is 0.435. The van der Waals surface area contributed by atoms with Gasteiger partial charge in [-0.1, -0.05) is 11.8 Å². The summed E-state index contributed by atoms with van der Waals surface area (Å²) in [5, 5.41) is 1.89. The third-order valence-electron chi connectivity index (χ3n) is 3.82. The molecule has 0 saturated carbocycles. The van der Waals surface area contributed by atoms with Gasteiger partial charge in [-0.25, -0.2) is 15.0 Å². The van der Waals surface area contributed by atoms with Gasteiger partial charge >= 0.3 is 0 Å². The van der Waals surface area contributed by atoms with Gasteiger partial charge in [0.05, 0.1) is 6.26 Å². The zero-order valence-electron chi connectivity index (χ0n) is 13.1. The van der Waals surface area contributed by atoms with Crippen LogP contribution in [0.4, 0.5) is 5.82 Å². The molecule has 128 valence electrons. The molecule has 0 aliphatic heterocycles. The molecule has 4 N–H and O–H groups in total. The lowest BCUT2D eigenvalue weighted by atomic mass is 10.3. The molecule has 25 heavy (non-hydrogen) atoms. The Balaban J connectivity index is 1.81. The van der Waals surface area contributed by atoms with Gasteiger partial charge in [0.2, 0.25) is 0 Å². The number of rotatable bonds is 5. The van der Waals surface area contributed by atoms with Gasteiger partial charge in [0, 0.05) is 20.4 Å². The molecule has 0 bridgehead atoms. The van der Waals surface area contributed by atoms with E-state index in [9.17, 15) is 0 Å². The minimum absolute atomic E-state index is 0.387. The van der Waals surface area contributed by atoms with Gasteiger partial charge in [-0.2, -0.15) is 0 Å². The van der Waals surface area contributed by atoms with Crippen molar-refractivity contribution in [3.63, 3.8) is 0 Å². The van der Waals surface area contributed by atoms with Crippen LogP contribution in [0.3, 0.4) is 0 Å². The highest BCUT2D eigenvalue weighted by molar-refractivity contribution is 14.1. The van der Waals surface area contributed by atoms with Crippen LogP contribution in [0.1, 0.15) is 6.42 Å². The van der Waals surface area contributed by atoms with Crippen molar-refractivity contribution in [2.75, 3.05) is 12.3 Å². The highest BCUT2D eigenvalue weighted by atomic mass is 127. The Labute approximate surface area is 161 Å². The third kappa shape index (κ3) is 3.07. The number of fused-ring (bicyclic) bond motifs is 2. The Hall–Kier alpha value is -1.85. The van der Waals surface area contributed by atoms with E-state index in [2.05, 4.69) is 48.2 Å². The minimum atomic E-state index is 0.387. The Kier molecular flexibility index (Phi) is 4.52. The van der Waals surface area contributed by atoms with Crippen LogP contribution < -0.4 is 11.5 Å². The highest BCUT2D eigenvalue weighted by Gasteiger charge is 2.17. The fraction of sp³-hybridized carbons (Fsp3) is 0.188. The fourth-order valence-electron chi connectivity index (χ4n) is 2.60. The van der Waals surface area contributed by atoms with Gasteiger partial charge in [-0.3, -0.25) is 0 Å². The minimum Gasteiger partial charge on any atom is -0.464 e. The molecule has 0 spiro atoms. The van der Waals surface area contributed by atoms with Crippen molar-refractivity contribution in [1.29, 1.82) is 0 Å². The maximum absolute atomic E-state index is 5.98. The predicted molar refractivity (Wildman–Crippen MR) is 106 cm³/mol. The number of halogens is 1. The van der Waals surface area contributed by atoms with Crippen LogP contribution in [0.25, 0.3) is 22.1 Å². The molecule has 1 aromatic carbocycles. The first-order valence-corrected chi connectivity index (χ1v) is 9.58. The summed E-state index contributed by atoms with van der Waals surface area (Å²) in [5.74, 6) is 0.387. The fourth-order valence-corrected chi connectivity index (χ4v) is 4.34. The Morgan fingerprint density at radius 2 is 2.16 bits per heavy atom. The summed E-state index contributed by atoms with van der Waals surface area (Å²) < 4.78 is 8.62. The molecule has 4 rings (SSSR count). The first-order valence-electron chi connectivity index (χ1n) is 7.68. The van der Waals surface area contributed by atoms with Gasteiger partial charge < -0.3 is 20.5 Å². The van der Waals surface area contributed by atoms with Crippen molar-refractivity contribution in [3.8, 4) is 0 Å². The van der Waals surface area contributed by atoms with Crippen LogP contribution in [-0.2, 0) is 6.54 Å². The molecule has 0 saturated heterocycles. The van der Waals surface area contributed by atoms with Crippen LogP contribution in [0.5, 0.6) is 0 Å². The topological polar surface area (TPSA) is 109 Å².